The van der Waals surface area contributed by atoms with E-state index in [4.69, 9.17) is 24.8 Å². The van der Waals surface area contributed by atoms with Crippen LogP contribution in [0.15, 0.2) is 0 Å². The zero-order chi connectivity index (χ0) is 18.6. The second-order valence-electron chi connectivity index (χ2n) is 5.36. The number of ether oxygens (including phenoxy) is 2. The van der Waals surface area contributed by atoms with Gasteiger partial charge in [-0.05, 0) is 0 Å². The monoisotopic (exact) mass is 358 g/mol. The summed E-state index contributed by atoms with van der Waals surface area (Å²) >= 11 is 0. The number of hydrogen-bond acceptors (Lipinski definition) is 11. The van der Waals surface area contributed by atoms with E-state index in [1.165, 1.54) is 0 Å². The Kier molecular flexibility index (Phi) is 7.88. The molecule has 24 heavy (non-hydrogen) atoms. The minimum Gasteiger partial charge on any atom is -0.479 e. The first kappa shape index (κ1) is 21.1. The fourth-order valence-corrected chi connectivity index (χ4v) is 2.06. The van der Waals surface area contributed by atoms with Crippen molar-refractivity contribution >= 4 is 5.97 Å². The number of hydrogen-bond donors (Lipinski definition) is 9. The highest BCUT2D eigenvalue weighted by Crippen LogP contribution is 2.22. The molecule has 0 spiro atoms. The molecule has 1 heterocycles. The Balaban J connectivity index is 2.59. The lowest BCUT2D eigenvalue weighted by molar-refractivity contribution is -0.306. The van der Waals surface area contributed by atoms with Crippen LogP contribution >= 0.6 is 0 Å². The lowest BCUT2D eigenvalue weighted by atomic mass is 9.99. The van der Waals surface area contributed by atoms with E-state index >= 15 is 0 Å². The van der Waals surface area contributed by atoms with Crippen LogP contribution < -0.4 is 0 Å². The van der Waals surface area contributed by atoms with Crippen molar-refractivity contribution < 1.29 is 60.2 Å². The number of rotatable bonds is 8. The Labute approximate surface area is 135 Å². The molecule has 9 atom stereocenters. The van der Waals surface area contributed by atoms with E-state index < -0.39 is 74.3 Å². The number of aliphatic hydroxyl groups excluding tert-OH is 8. The summed E-state index contributed by atoms with van der Waals surface area (Å²) in [5.74, 6) is -1.82. The van der Waals surface area contributed by atoms with Crippen molar-refractivity contribution in [3.63, 3.8) is 0 Å². The molecule has 0 unspecified atom stereocenters. The molecule has 1 saturated heterocycles. The van der Waals surface area contributed by atoms with Crippen molar-refractivity contribution in [2.24, 2.45) is 0 Å². The van der Waals surface area contributed by atoms with Gasteiger partial charge in [0, 0.05) is 0 Å². The first-order chi connectivity index (χ1) is 11.1. The van der Waals surface area contributed by atoms with E-state index in [0.717, 1.165) is 0 Å². The molecule has 0 aliphatic carbocycles. The van der Waals surface area contributed by atoms with Gasteiger partial charge in [-0.3, -0.25) is 0 Å². The maximum Gasteiger partial charge on any atom is 0.335 e. The molecular formula is C12H22O12. The van der Waals surface area contributed by atoms with Crippen molar-refractivity contribution in [1.82, 2.24) is 0 Å². The summed E-state index contributed by atoms with van der Waals surface area (Å²) in [6.45, 7) is -1.48. The highest BCUT2D eigenvalue weighted by molar-refractivity contribution is 5.72. The predicted molar refractivity (Wildman–Crippen MR) is 71.4 cm³/mol. The van der Waals surface area contributed by atoms with E-state index in [-0.39, 0.29) is 0 Å². The topological polar surface area (TPSA) is 218 Å². The normalized spacial score (nSPS) is 35.9. The van der Waals surface area contributed by atoms with Gasteiger partial charge in [-0.25, -0.2) is 4.79 Å². The Bertz CT molecular complexity index is 403. The lowest BCUT2D eigenvalue weighted by Crippen LogP contribution is -2.59. The molecule has 142 valence electrons. The third-order valence-electron chi connectivity index (χ3n) is 3.60. The number of carbonyl (C=O) groups is 1. The third kappa shape index (κ3) is 4.80. The zero-order valence-corrected chi connectivity index (χ0v) is 12.4. The highest BCUT2D eigenvalue weighted by Gasteiger charge is 2.44. The van der Waals surface area contributed by atoms with Crippen LogP contribution in [0, 0.1) is 0 Å². The summed E-state index contributed by atoms with van der Waals surface area (Å²) in [5.41, 5.74) is 0. The Morgan fingerprint density at radius 3 is 2.08 bits per heavy atom. The van der Waals surface area contributed by atoms with Crippen LogP contribution in [0.5, 0.6) is 0 Å². The largest absolute Gasteiger partial charge is 0.479 e. The quantitative estimate of drug-likeness (QED) is 0.198. The lowest BCUT2D eigenvalue weighted by Gasteiger charge is -2.40. The summed E-state index contributed by atoms with van der Waals surface area (Å²) in [6, 6.07) is 0. The van der Waals surface area contributed by atoms with Crippen LogP contribution in [0.4, 0.5) is 0 Å². The summed E-state index contributed by atoms with van der Waals surface area (Å²) < 4.78 is 9.89. The van der Waals surface area contributed by atoms with Crippen molar-refractivity contribution in [2.45, 2.75) is 55.1 Å². The predicted octanol–water partition coefficient (Wildman–Crippen LogP) is -5.67. The second-order valence-corrected chi connectivity index (χ2v) is 5.36. The number of carboxylic acids is 1. The number of aliphatic carboxylic acids is 1. The van der Waals surface area contributed by atoms with Crippen LogP contribution in [-0.4, -0.2) is 120 Å². The van der Waals surface area contributed by atoms with Crippen LogP contribution in [0.1, 0.15) is 0 Å². The van der Waals surface area contributed by atoms with Gasteiger partial charge in [0.05, 0.1) is 13.2 Å². The molecule has 1 aliphatic heterocycles. The fraction of sp³-hybridized carbons (Fsp3) is 0.917. The second kappa shape index (κ2) is 8.96. The molecule has 0 aromatic heterocycles. The molecule has 0 radical (unpaired) electrons. The zero-order valence-electron chi connectivity index (χ0n) is 12.4. The minimum absolute atomic E-state index is 0.695. The molecule has 1 fully saturated rings. The SMILES string of the molecule is O=C(O)[C@H](O)[C@@H](O)[C@H](O)[C@H](O)CO[C@H]1O[C@H](CO)[C@H](O)[C@H](O)[C@H]1O. The van der Waals surface area contributed by atoms with Crippen LogP contribution in [-0.2, 0) is 14.3 Å². The maximum absolute atomic E-state index is 10.5. The molecule has 9 N–H and O–H groups in total. The third-order valence-corrected chi connectivity index (χ3v) is 3.60. The molecule has 0 aromatic rings. The number of carboxylic acid groups (broad SMARTS) is 1. The first-order valence-corrected chi connectivity index (χ1v) is 6.99. The standard InChI is InChI=1S/C12H22O12/c13-1-4-6(16)8(18)10(20)12(24-4)23-2-3(14)5(15)7(17)9(19)11(21)22/h3-10,12-20H,1-2H2,(H,21,22)/t3-,4-,5-,6+,7+,8+,9-,10-,12+/m1/s1. The van der Waals surface area contributed by atoms with Gasteiger partial charge in [-0.15, -0.1) is 0 Å². The molecule has 0 amide bonds. The van der Waals surface area contributed by atoms with E-state index in [2.05, 4.69) is 0 Å². The van der Waals surface area contributed by atoms with Gasteiger partial charge in [-0.1, -0.05) is 0 Å². The van der Waals surface area contributed by atoms with E-state index in [1.807, 2.05) is 0 Å². The van der Waals surface area contributed by atoms with E-state index in [0.29, 0.717) is 0 Å². The summed E-state index contributed by atoms with van der Waals surface area (Å²) in [5, 5.41) is 84.0. The van der Waals surface area contributed by atoms with E-state index in [9.17, 15) is 35.4 Å². The summed E-state index contributed by atoms with van der Waals surface area (Å²) in [4.78, 5) is 10.5. The Hall–Kier alpha value is -0.930. The van der Waals surface area contributed by atoms with Crippen molar-refractivity contribution in [3.8, 4) is 0 Å². The van der Waals surface area contributed by atoms with Gasteiger partial charge in [0.15, 0.2) is 12.4 Å². The molecule has 0 aromatic carbocycles. The summed E-state index contributed by atoms with van der Waals surface area (Å²) in [6.07, 6.45) is -16.4. The van der Waals surface area contributed by atoms with Crippen molar-refractivity contribution in [3.05, 3.63) is 0 Å². The van der Waals surface area contributed by atoms with Crippen LogP contribution in [0.2, 0.25) is 0 Å². The Morgan fingerprint density at radius 2 is 1.58 bits per heavy atom. The Morgan fingerprint density at radius 1 is 1.00 bits per heavy atom. The van der Waals surface area contributed by atoms with Gasteiger partial charge in [-0.2, -0.15) is 0 Å². The molecule has 12 heteroatoms. The van der Waals surface area contributed by atoms with Gasteiger partial charge in [0.1, 0.15) is 42.7 Å². The molecule has 1 aliphatic rings. The van der Waals surface area contributed by atoms with E-state index in [1.54, 1.807) is 0 Å². The van der Waals surface area contributed by atoms with Gasteiger partial charge in [0.25, 0.3) is 0 Å². The first-order valence-electron chi connectivity index (χ1n) is 6.99. The number of aliphatic hydroxyl groups is 8. The van der Waals surface area contributed by atoms with Crippen LogP contribution in [0.3, 0.4) is 0 Å². The molecule has 12 nitrogen and oxygen atoms in total. The molecular weight excluding hydrogens is 336 g/mol. The fourth-order valence-electron chi connectivity index (χ4n) is 2.06. The van der Waals surface area contributed by atoms with Gasteiger partial charge >= 0.3 is 5.97 Å². The van der Waals surface area contributed by atoms with Crippen LogP contribution in [0.25, 0.3) is 0 Å². The molecule has 0 saturated carbocycles. The van der Waals surface area contributed by atoms with Gasteiger partial charge in [0.2, 0.25) is 0 Å². The highest BCUT2D eigenvalue weighted by atomic mass is 16.7. The average Bonchev–Trinajstić information content (AvgIpc) is 2.56. The van der Waals surface area contributed by atoms with Gasteiger partial charge < -0.3 is 55.4 Å². The minimum atomic E-state index is -2.35. The molecule has 0 bridgehead atoms. The maximum atomic E-state index is 10.5. The molecule has 1 rings (SSSR count). The van der Waals surface area contributed by atoms with Crippen molar-refractivity contribution in [2.75, 3.05) is 13.2 Å². The van der Waals surface area contributed by atoms with Crippen molar-refractivity contribution in [1.29, 1.82) is 0 Å². The average molecular weight is 358 g/mol. The summed E-state index contributed by atoms with van der Waals surface area (Å²) in [7, 11) is 0. The smallest absolute Gasteiger partial charge is 0.335 e.